The van der Waals surface area contributed by atoms with Crippen LogP contribution in [0.5, 0.6) is 0 Å². The average molecular weight is 372 g/mol. The van der Waals surface area contributed by atoms with Crippen molar-refractivity contribution in [1.82, 2.24) is 19.9 Å². The van der Waals surface area contributed by atoms with Gasteiger partial charge in [-0.3, -0.25) is 4.90 Å². The minimum absolute atomic E-state index is 0.00330. The Balaban J connectivity index is 1.50. The minimum atomic E-state index is -0.00330. The zero-order chi connectivity index (χ0) is 18.3. The number of hydrogen-bond acceptors (Lipinski definition) is 6. The predicted molar refractivity (Wildman–Crippen MR) is 107 cm³/mol. The lowest BCUT2D eigenvalue weighted by Gasteiger charge is -2.36. The zero-order valence-electron chi connectivity index (χ0n) is 16.4. The van der Waals surface area contributed by atoms with Crippen LogP contribution in [-0.2, 0) is 24.8 Å². The standard InChI is InChI=1S/C20H29N5S/c1-14-21-15(13-26-14)12-24-8-10-25(11-9-24)18-16-6-5-7-17(16)22-19(23-18)20(2,3)4/h13H,5-12H2,1-4H3. The first kappa shape index (κ1) is 17.9. The molecular weight excluding hydrogens is 342 g/mol. The number of thiazole rings is 1. The molecule has 26 heavy (non-hydrogen) atoms. The summed E-state index contributed by atoms with van der Waals surface area (Å²) in [6, 6.07) is 0. The molecule has 1 fully saturated rings. The Labute approximate surface area is 160 Å². The maximum Gasteiger partial charge on any atom is 0.136 e. The molecule has 4 rings (SSSR count). The highest BCUT2D eigenvalue weighted by Crippen LogP contribution is 2.32. The number of hydrogen-bond donors (Lipinski definition) is 0. The normalized spacial score (nSPS) is 18.4. The number of aromatic nitrogens is 3. The van der Waals surface area contributed by atoms with Gasteiger partial charge in [0.15, 0.2) is 0 Å². The van der Waals surface area contributed by atoms with Crippen LogP contribution in [-0.4, -0.2) is 46.0 Å². The molecule has 140 valence electrons. The number of anilines is 1. The van der Waals surface area contributed by atoms with E-state index in [4.69, 9.17) is 9.97 Å². The van der Waals surface area contributed by atoms with E-state index in [2.05, 4.69) is 47.9 Å². The van der Waals surface area contributed by atoms with Crippen LogP contribution in [0.4, 0.5) is 5.82 Å². The third kappa shape index (κ3) is 3.62. The molecule has 2 aromatic heterocycles. The van der Waals surface area contributed by atoms with Crippen molar-refractivity contribution < 1.29 is 0 Å². The molecule has 0 aromatic carbocycles. The lowest BCUT2D eigenvalue weighted by Crippen LogP contribution is -2.46. The smallest absolute Gasteiger partial charge is 0.136 e. The molecule has 0 amide bonds. The molecule has 1 aliphatic carbocycles. The fourth-order valence-electron chi connectivity index (χ4n) is 3.84. The Bertz CT molecular complexity index is 784. The van der Waals surface area contributed by atoms with E-state index < -0.39 is 0 Å². The zero-order valence-corrected chi connectivity index (χ0v) is 17.2. The molecule has 2 aromatic rings. The van der Waals surface area contributed by atoms with Crippen LogP contribution in [0.1, 0.15) is 55.0 Å². The van der Waals surface area contributed by atoms with Crippen molar-refractivity contribution in [2.24, 2.45) is 0 Å². The summed E-state index contributed by atoms with van der Waals surface area (Å²) in [7, 11) is 0. The first-order chi connectivity index (χ1) is 12.4. The van der Waals surface area contributed by atoms with E-state index in [0.29, 0.717) is 0 Å². The third-order valence-corrected chi connectivity index (χ3v) is 6.13. The molecule has 1 saturated heterocycles. The highest BCUT2D eigenvalue weighted by molar-refractivity contribution is 7.09. The Kier molecular flexibility index (Phi) is 4.73. The molecule has 1 aliphatic heterocycles. The summed E-state index contributed by atoms with van der Waals surface area (Å²) >= 11 is 1.74. The summed E-state index contributed by atoms with van der Waals surface area (Å²) < 4.78 is 0. The molecule has 0 unspecified atom stereocenters. The van der Waals surface area contributed by atoms with Crippen LogP contribution in [0, 0.1) is 6.92 Å². The van der Waals surface area contributed by atoms with Gasteiger partial charge >= 0.3 is 0 Å². The van der Waals surface area contributed by atoms with Gasteiger partial charge in [0.1, 0.15) is 11.6 Å². The van der Waals surface area contributed by atoms with Crippen LogP contribution in [0.25, 0.3) is 0 Å². The van der Waals surface area contributed by atoms with Crippen LogP contribution >= 0.6 is 11.3 Å². The molecule has 6 heteroatoms. The van der Waals surface area contributed by atoms with Crippen molar-refractivity contribution >= 4 is 17.2 Å². The summed E-state index contributed by atoms with van der Waals surface area (Å²) in [5.41, 5.74) is 3.90. The van der Waals surface area contributed by atoms with E-state index in [0.717, 1.165) is 56.4 Å². The Hall–Kier alpha value is -1.53. The highest BCUT2D eigenvalue weighted by Gasteiger charge is 2.28. The van der Waals surface area contributed by atoms with Gasteiger partial charge < -0.3 is 4.90 Å². The van der Waals surface area contributed by atoms with Gasteiger partial charge in [0, 0.05) is 54.8 Å². The van der Waals surface area contributed by atoms with E-state index in [-0.39, 0.29) is 5.41 Å². The van der Waals surface area contributed by atoms with Crippen molar-refractivity contribution in [2.75, 3.05) is 31.1 Å². The Morgan fingerprint density at radius 3 is 2.46 bits per heavy atom. The summed E-state index contributed by atoms with van der Waals surface area (Å²) in [5, 5.41) is 3.35. The molecule has 0 atom stereocenters. The summed E-state index contributed by atoms with van der Waals surface area (Å²) in [6.45, 7) is 13.9. The summed E-state index contributed by atoms with van der Waals surface area (Å²) in [4.78, 5) is 19.5. The molecule has 0 bridgehead atoms. The first-order valence-electron chi connectivity index (χ1n) is 9.69. The molecule has 3 heterocycles. The van der Waals surface area contributed by atoms with E-state index in [1.54, 1.807) is 11.3 Å². The minimum Gasteiger partial charge on any atom is -0.354 e. The maximum atomic E-state index is 5.04. The van der Waals surface area contributed by atoms with Gasteiger partial charge in [0.2, 0.25) is 0 Å². The van der Waals surface area contributed by atoms with Crippen LogP contribution in [0.2, 0.25) is 0 Å². The van der Waals surface area contributed by atoms with Crippen LogP contribution in [0.15, 0.2) is 5.38 Å². The lowest BCUT2D eigenvalue weighted by atomic mass is 9.95. The molecule has 0 saturated carbocycles. The van der Waals surface area contributed by atoms with E-state index in [1.165, 1.54) is 29.2 Å². The van der Waals surface area contributed by atoms with Crippen LogP contribution < -0.4 is 4.90 Å². The fourth-order valence-corrected chi connectivity index (χ4v) is 4.44. The van der Waals surface area contributed by atoms with E-state index >= 15 is 0 Å². The van der Waals surface area contributed by atoms with E-state index in [9.17, 15) is 0 Å². The molecule has 0 radical (unpaired) electrons. The number of rotatable bonds is 3. The third-order valence-electron chi connectivity index (χ3n) is 5.31. The van der Waals surface area contributed by atoms with Crippen molar-refractivity contribution in [2.45, 2.75) is 58.9 Å². The molecule has 2 aliphatic rings. The number of aryl methyl sites for hydroxylation is 2. The maximum absolute atomic E-state index is 5.04. The van der Waals surface area contributed by atoms with Crippen LogP contribution in [0.3, 0.4) is 0 Å². The van der Waals surface area contributed by atoms with E-state index in [1.807, 2.05) is 0 Å². The summed E-state index contributed by atoms with van der Waals surface area (Å²) in [5.74, 6) is 2.20. The largest absolute Gasteiger partial charge is 0.354 e. The fraction of sp³-hybridized carbons (Fsp3) is 0.650. The number of piperazine rings is 1. The van der Waals surface area contributed by atoms with Gasteiger partial charge in [-0.05, 0) is 26.2 Å². The monoisotopic (exact) mass is 371 g/mol. The predicted octanol–water partition coefficient (Wildman–Crippen LogP) is 3.35. The molecular formula is C20H29N5S. The highest BCUT2D eigenvalue weighted by atomic mass is 32.1. The topological polar surface area (TPSA) is 45.2 Å². The molecule has 5 nitrogen and oxygen atoms in total. The van der Waals surface area contributed by atoms with Gasteiger partial charge in [-0.1, -0.05) is 20.8 Å². The van der Waals surface area contributed by atoms with Gasteiger partial charge in [-0.15, -0.1) is 11.3 Å². The second kappa shape index (κ2) is 6.89. The quantitative estimate of drug-likeness (QED) is 0.828. The van der Waals surface area contributed by atoms with Gasteiger partial charge in [0.05, 0.1) is 10.7 Å². The number of nitrogens with zero attached hydrogens (tertiary/aromatic N) is 5. The Morgan fingerprint density at radius 2 is 1.81 bits per heavy atom. The Morgan fingerprint density at radius 1 is 1.04 bits per heavy atom. The van der Waals surface area contributed by atoms with Gasteiger partial charge in [-0.2, -0.15) is 0 Å². The SMILES string of the molecule is Cc1nc(CN2CCN(c3nc(C(C)(C)C)nc4c3CCC4)CC2)cs1. The van der Waals surface area contributed by atoms with Crippen molar-refractivity contribution in [3.63, 3.8) is 0 Å². The lowest BCUT2D eigenvalue weighted by molar-refractivity contribution is 0.246. The van der Waals surface area contributed by atoms with Crippen molar-refractivity contribution in [3.8, 4) is 0 Å². The summed E-state index contributed by atoms with van der Waals surface area (Å²) in [6.07, 6.45) is 3.46. The van der Waals surface area contributed by atoms with Crippen molar-refractivity contribution in [1.29, 1.82) is 0 Å². The number of fused-ring (bicyclic) bond motifs is 1. The molecule has 0 N–H and O–H groups in total. The first-order valence-corrected chi connectivity index (χ1v) is 10.6. The second-order valence-electron chi connectivity index (χ2n) is 8.52. The van der Waals surface area contributed by atoms with Crippen molar-refractivity contribution in [3.05, 3.63) is 33.2 Å². The van der Waals surface area contributed by atoms with Gasteiger partial charge in [-0.25, -0.2) is 15.0 Å². The second-order valence-corrected chi connectivity index (χ2v) is 9.58. The van der Waals surface area contributed by atoms with Gasteiger partial charge in [0.25, 0.3) is 0 Å². The molecule has 0 spiro atoms. The average Bonchev–Trinajstić information content (AvgIpc) is 3.22.